The van der Waals surface area contributed by atoms with Crippen LogP contribution in [-0.2, 0) is 5.92 Å². The van der Waals surface area contributed by atoms with Crippen LogP contribution in [0.1, 0.15) is 35.5 Å². The van der Waals surface area contributed by atoms with E-state index in [1.54, 1.807) is 12.1 Å². The zero-order valence-corrected chi connectivity index (χ0v) is 15.9. The minimum absolute atomic E-state index is 0.111. The number of carbonyl (C=O) groups is 1. The second kappa shape index (κ2) is 6.08. The molecule has 0 aliphatic carbocycles. The number of fused-ring (bicyclic) bond motifs is 1. The van der Waals surface area contributed by atoms with Gasteiger partial charge < -0.3 is 4.42 Å². The summed E-state index contributed by atoms with van der Waals surface area (Å²) in [6.07, 6.45) is 0. The summed E-state index contributed by atoms with van der Waals surface area (Å²) >= 11 is 6.73. The Morgan fingerprint density at radius 3 is 2.46 bits per heavy atom. The summed E-state index contributed by atoms with van der Waals surface area (Å²) in [4.78, 5) is 13.0. The van der Waals surface area contributed by atoms with Gasteiger partial charge in [-0.05, 0) is 30.7 Å². The number of furan rings is 1. The van der Waals surface area contributed by atoms with Crippen LogP contribution in [0.2, 0.25) is 0 Å². The van der Waals surface area contributed by atoms with Gasteiger partial charge in [0.2, 0.25) is 0 Å². The van der Waals surface area contributed by atoms with Crippen molar-refractivity contribution in [3.63, 3.8) is 0 Å². The molecule has 0 atom stereocenters. The van der Waals surface area contributed by atoms with Crippen LogP contribution in [-0.4, -0.2) is 5.78 Å². The lowest BCUT2D eigenvalue weighted by Gasteiger charge is -2.10. The highest BCUT2D eigenvalue weighted by Crippen LogP contribution is 2.38. The first-order chi connectivity index (χ1) is 11.6. The first-order valence-corrected chi connectivity index (χ1v) is 8.60. The van der Waals surface area contributed by atoms with Crippen molar-refractivity contribution in [3.05, 3.63) is 67.8 Å². The highest BCUT2D eigenvalue weighted by atomic mass is 79.9. The van der Waals surface area contributed by atoms with E-state index in [9.17, 15) is 13.6 Å². The molecule has 24 heavy (non-hydrogen) atoms. The minimum Gasteiger partial charge on any atom is -0.454 e. The smallest absolute Gasteiger partial charge is 0.302 e. The molecule has 1 aromatic heterocycles. The van der Waals surface area contributed by atoms with E-state index in [0.717, 1.165) is 5.56 Å². The van der Waals surface area contributed by atoms with Gasteiger partial charge in [-0.3, -0.25) is 4.79 Å². The SMILES string of the molecule is [2H]c1ccc2oc(C(C)(F)F)c(C(=O)c3cc(Br)c(C)c(Br)c3)c2c1. The molecule has 0 amide bonds. The molecule has 6 heteroatoms. The van der Waals surface area contributed by atoms with Gasteiger partial charge in [0.25, 0.3) is 0 Å². The topological polar surface area (TPSA) is 30.2 Å². The van der Waals surface area contributed by atoms with Crippen molar-refractivity contribution < 1.29 is 19.4 Å². The van der Waals surface area contributed by atoms with Gasteiger partial charge in [-0.2, -0.15) is 8.78 Å². The molecule has 0 spiro atoms. The third-order valence-electron chi connectivity index (χ3n) is 3.70. The van der Waals surface area contributed by atoms with Gasteiger partial charge in [-0.15, -0.1) is 0 Å². The average molecular weight is 459 g/mol. The summed E-state index contributed by atoms with van der Waals surface area (Å²) < 4.78 is 42.4. The molecule has 3 aromatic rings. The third kappa shape index (κ3) is 2.93. The molecule has 0 saturated carbocycles. The Hall–Kier alpha value is -1.53. The van der Waals surface area contributed by atoms with Gasteiger partial charge in [-0.25, -0.2) is 0 Å². The fourth-order valence-corrected chi connectivity index (χ4v) is 3.63. The maximum Gasteiger partial charge on any atom is 0.302 e. The summed E-state index contributed by atoms with van der Waals surface area (Å²) in [5.41, 5.74) is 1.08. The third-order valence-corrected chi connectivity index (χ3v) is 5.35. The quantitative estimate of drug-likeness (QED) is 0.413. The standard InChI is InChI=1S/C18H12Br2F2O2/c1-9-12(19)7-10(8-13(9)20)16(23)15-11-5-3-4-6-14(11)24-17(15)18(2,21)22/h3-8H,1-2H3/i3D. The fraction of sp³-hybridized carbons (Fsp3) is 0.167. The zero-order chi connectivity index (χ0) is 18.5. The first-order valence-electron chi connectivity index (χ1n) is 7.51. The van der Waals surface area contributed by atoms with E-state index in [1.165, 1.54) is 18.2 Å². The second-order valence-corrected chi connectivity index (χ2v) is 7.22. The Morgan fingerprint density at radius 2 is 1.88 bits per heavy atom. The molecule has 0 unspecified atom stereocenters. The monoisotopic (exact) mass is 457 g/mol. The molecule has 0 fully saturated rings. The molecule has 0 saturated heterocycles. The summed E-state index contributed by atoms with van der Waals surface area (Å²) in [6, 6.07) is 7.49. The normalized spacial score (nSPS) is 12.5. The lowest BCUT2D eigenvalue weighted by atomic mass is 9.98. The Kier molecular flexibility index (Phi) is 4.04. The molecule has 0 N–H and O–H groups in total. The number of halogens is 4. The van der Waals surface area contributed by atoms with Crippen LogP contribution in [0.5, 0.6) is 0 Å². The summed E-state index contributed by atoms with van der Waals surface area (Å²) in [7, 11) is 0. The highest BCUT2D eigenvalue weighted by Gasteiger charge is 2.36. The van der Waals surface area contributed by atoms with Crippen LogP contribution >= 0.6 is 31.9 Å². The molecule has 0 bridgehead atoms. The molecule has 124 valence electrons. The number of ketones is 1. The van der Waals surface area contributed by atoms with Crippen molar-refractivity contribution in [3.8, 4) is 0 Å². The molecular weight excluding hydrogens is 446 g/mol. The van der Waals surface area contributed by atoms with Crippen LogP contribution in [0.4, 0.5) is 8.78 Å². The number of para-hydroxylation sites is 1. The molecular formula is C18H12Br2F2O2. The van der Waals surface area contributed by atoms with Gasteiger partial charge in [0.15, 0.2) is 11.5 Å². The highest BCUT2D eigenvalue weighted by molar-refractivity contribution is 9.11. The van der Waals surface area contributed by atoms with Crippen molar-refractivity contribution in [1.82, 2.24) is 0 Å². The number of benzene rings is 2. The van der Waals surface area contributed by atoms with Crippen molar-refractivity contribution >= 4 is 48.6 Å². The van der Waals surface area contributed by atoms with Crippen LogP contribution in [0.3, 0.4) is 0 Å². The Bertz CT molecular complexity index is 983. The molecule has 0 radical (unpaired) electrons. The van der Waals surface area contributed by atoms with Gasteiger partial charge in [-0.1, -0.05) is 50.0 Å². The number of hydrogen-bond donors (Lipinski definition) is 0. The maximum atomic E-state index is 14.0. The van der Waals surface area contributed by atoms with Crippen molar-refractivity contribution in [1.29, 1.82) is 0 Å². The van der Waals surface area contributed by atoms with Gasteiger partial charge in [0.1, 0.15) is 5.58 Å². The van der Waals surface area contributed by atoms with Crippen molar-refractivity contribution in [2.24, 2.45) is 0 Å². The maximum absolute atomic E-state index is 14.0. The van der Waals surface area contributed by atoms with E-state index in [-0.39, 0.29) is 28.1 Å². The van der Waals surface area contributed by atoms with E-state index < -0.39 is 17.5 Å². The van der Waals surface area contributed by atoms with Crippen molar-refractivity contribution in [2.75, 3.05) is 0 Å². The van der Waals surface area contributed by atoms with Gasteiger partial charge in [0, 0.05) is 26.8 Å². The van der Waals surface area contributed by atoms with Crippen LogP contribution in [0.25, 0.3) is 11.0 Å². The van der Waals surface area contributed by atoms with E-state index in [4.69, 9.17) is 5.79 Å². The minimum atomic E-state index is -3.33. The van der Waals surface area contributed by atoms with E-state index in [1.807, 2.05) is 6.92 Å². The molecule has 0 aliphatic heterocycles. The molecule has 2 aromatic carbocycles. The number of carbonyl (C=O) groups excluding carboxylic acids is 1. The first kappa shape index (κ1) is 16.0. The Morgan fingerprint density at radius 1 is 1.25 bits per heavy atom. The van der Waals surface area contributed by atoms with Crippen LogP contribution in [0.15, 0.2) is 49.7 Å². The van der Waals surface area contributed by atoms with Crippen LogP contribution in [0, 0.1) is 6.92 Å². The number of rotatable bonds is 3. The molecule has 2 nitrogen and oxygen atoms in total. The van der Waals surface area contributed by atoms with Gasteiger partial charge >= 0.3 is 5.92 Å². The predicted molar refractivity (Wildman–Crippen MR) is 95.8 cm³/mol. The Labute approximate surface area is 155 Å². The van der Waals surface area contributed by atoms with Crippen LogP contribution < -0.4 is 0 Å². The van der Waals surface area contributed by atoms with E-state index in [0.29, 0.717) is 15.9 Å². The van der Waals surface area contributed by atoms with E-state index in [2.05, 4.69) is 31.9 Å². The largest absolute Gasteiger partial charge is 0.454 e. The molecule has 0 aliphatic rings. The summed E-state index contributed by atoms with van der Waals surface area (Å²) in [6.45, 7) is 2.54. The second-order valence-electron chi connectivity index (χ2n) is 5.51. The number of alkyl halides is 2. The molecule has 1 heterocycles. The lowest BCUT2D eigenvalue weighted by Crippen LogP contribution is -2.13. The molecule has 3 rings (SSSR count). The van der Waals surface area contributed by atoms with Gasteiger partial charge in [0.05, 0.1) is 6.93 Å². The lowest BCUT2D eigenvalue weighted by molar-refractivity contribution is -0.00469. The summed E-state index contributed by atoms with van der Waals surface area (Å²) in [5, 5.41) is 0.210. The van der Waals surface area contributed by atoms with Crippen molar-refractivity contribution in [2.45, 2.75) is 19.8 Å². The zero-order valence-electron chi connectivity index (χ0n) is 13.7. The van der Waals surface area contributed by atoms with E-state index >= 15 is 0 Å². The predicted octanol–water partition coefficient (Wildman–Crippen LogP) is 6.61. The Balaban J connectivity index is 2.30. The number of hydrogen-bond acceptors (Lipinski definition) is 2. The average Bonchev–Trinajstić information content (AvgIpc) is 2.90. The fourth-order valence-electron chi connectivity index (χ4n) is 2.44. The summed E-state index contributed by atoms with van der Waals surface area (Å²) in [5.74, 6) is -4.60.